The van der Waals surface area contributed by atoms with Crippen molar-refractivity contribution < 1.29 is 4.74 Å². The number of benzene rings is 1. The fourth-order valence-electron chi connectivity index (χ4n) is 2.37. The molecular formula is C14H18BrIO. The fourth-order valence-corrected chi connectivity index (χ4v) is 3.55. The molecule has 1 aliphatic rings. The Labute approximate surface area is 126 Å². The lowest BCUT2D eigenvalue weighted by molar-refractivity contribution is 0.0454. The van der Waals surface area contributed by atoms with Crippen LogP contribution in [-0.4, -0.2) is 11.0 Å². The molecule has 0 aromatic heterocycles. The van der Waals surface area contributed by atoms with E-state index in [2.05, 4.69) is 62.8 Å². The number of ether oxygens (including phenoxy) is 1. The highest BCUT2D eigenvalue weighted by Gasteiger charge is 2.18. The molecule has 1 aromatic rings. The molecule has 0 aliphatic heterocycles. The van der Waals surface area contributed by atoms with Crippen molar-refractivity contribution >= 4 is 38.5 Å². The van der Waals surface area contributed by atoms with Gasteiger partial charge in [0.25, 0.3) is 0 Å². The maximum absolute atomic E-state index is 6.09. The summed E-state index contributed by atoms with van der Waals surface area (Å²) < 4.78 is 8.24. The molecule has 17 heavy (non-hydrogen) atoms. The molecule has 0 spiro atoms. The summed E-state index contributed by atoms with van der Waals surface area (Å²) in [5, 5.41) is 0. The molecule has 1 saturated carbocycles. The number of rotatable bonds is 5. The summed E-state index contributed by atoms with van der Waals surface area (Å²) in [5.74, 6) is 0.799. The molecule has 1 nitrogen and oxygen atoms in total. The maximum atomic E-state index is 6.09. The van der Waals surface area contributed by atoms with E-state index in [9.17, 15) is 0 Å². The van der Waals surface area contributed by atoms with Gasteiger partial charge >= 0.3 is 0 Å². The molecule has 0 bridgehead atoms. The van der Waals surface area contributed by atoms with Crippen molar-refractivity contribution in [3.8, 4) is 0 Å². The molecule has 0 radical (unpaired) electrons. The van der Waals surface area contributed by atoms with E-state index in [0.29, 0.717) is 0 Å². The van der Waals surface area contributed by atoms with E-state index in [0.717, 1.165) is 21.4 Å². The van der Waals surface area contributed by atoms with Crippen molar-refractivity contribution in [2.75, 3.05) is 11.0 Å². The molecule has 0 N–H and O–H groups in total. The van der Waals surface area contributed by atoms with E-state index >= 15 is 0 Å². The van der Waals surface area contributed by atoms with E-state index in [-0.39, 0.29) is 6.10 Å². The van der Waals surface area contributed by atoms with Crippen molar-refractivity contribution in [1.82, 2.24) is 0 Å². The molecule has 94 valence electrons. The largest absolute Gasteiger partial charge is 0.372 e. The highest BCUT2D eigenvalue weighted by atomic mass is 127. The topological polar surface area (TPSA) is 9.23 Å². The van der Waals surface area contributed by atoms with Gasteiger partial charge in [0.2, 0.25) is 0 Å². The molecule has 1 fully saturated rings. The second-order valence-electron chi connectivity index (χ2n) is 4.68. The lowest BCUT2D eigenvalue weighted by Crippen LogP contribution is -2.12. The Kier molecular flexibility index (Phi) is 5.77. The third-order valence-electron chi connectivity index (χ3n) is 3.37. The summed E-state index contributed by atoms with van der Waals surface area (Å²) in [7, 11) is 0. The van der Waals surface area contributed by atoms with Crippen LogP contribution in [0.3, 0.4) is 0 Å². The zero-order valence-electron chi connectivity index (χ0n) is 9.87. The number of halogens is 2. The van der Waals surface area contributed by atoms with Crippen LogP contribution in [0.25, 0.3) is 0 Å². The monoisotopic (exact) mass is 408 g/mol. The highest BCUT2D eigenvalue weighted by molar-refractivity contribution is 14.1. The number of hydrogen-bond acceptors (Lipinski definition) is 1. The SMILES string of the molecule is Brc1cccc(C(CI)OCC2CCCC2)c1. The van der Waals surface area contributed by atoms with E-state index in [1.807, 2.05) is 0 Å². The molecule has 0 heterocycles. The summed E-state index contributed by atoms with van der Waals surface area (Å²) in [6, 6.07) is 8.46. The Balaban J connectivity index is 1.91. The first-order valence-corrected chi connectivity index (χ1v) is 8.54. The van der Waals surface area contributed by atoms with Crippen LogP contribution >= 0.6 is 38.5 Å². The van der Waals surface area contributed by atoms with Crippen molar-refractivity contribution in [1.29, 1.82) is 0 Å². The quantitative estimate of drug-likeness (QED) is 0.484. The minimum Gasteiger partial charge on any atom is -0.372 e. The molecule has 3 heteroatoms. The lowest BCUT2D eigenvalue weighted by Gasteiger charge is -2.18. The van der Waals surface area contributed by atoms with Crippen LogP contribution < -0.4 is 0 Å². The zero-order chi connectivity index (χ0) is 12.1. The third kappa shape index (κ3) is 4.21. The Morgan fingerprint density at radius 1 is 1.35 bits per heavy atom. The summed E-state index contributed by atoms with van der Waals surface area (Å²) >= 11 is 5.93. The summed E-state index contributed by atoms with van der Waals surface area (Å²) in [5.41, 5.74) is 1.28. The average Bonchev–Trinajstić information content (AvgIpc) is 2.83. The van der Waals surface area contributed by atoms with Crippen LogP contribution in [0, 0.1) is 5.92 Å². The second-order valence-corrected chi connectivity index (χ2v) is 6.48. The van der Waals surface area contributed by atoms with Gasteiger partial charge in [-0.1, -0.05) is 63.5 Å². The predicted molar refractivity (Wildman–Crippen MR) is 83.7 cm³/mol. The maximum Gasteiger partial charge on any atom is 0.0914 e. The molecule has 0 saturated heterocycles. The first kappa shape index (κ1) is 13.8. The van der Waals surface area contributed by atoms with Crippen LogP contribution in [0.4, 0.5) is 0 Å². The first-order chi connectivity index (χ1) is 8.29. The van der Waals surface area contributed by atoms with Gasteiger partial charge in [-0.25, -0.2) is 0 Å². The molecule has 1 aromatic carbocycles. The Hall–Kier alpha value is 0.390. The third-order valence-corrected chi connectivity index (χ3v) is 4.66. The van der Waals surface area contributed by atoms with Gasteiger partial charge in [-0.2, -0.15) is 0 Å². The van der Waals surface area contributed by atoms with E-state index in [1.54, 1.807) is 0 Å². The minimum atomic E-state index is 0.244. The van der Waals surface area contributed by atoms with E-state index in [1.165, 1.54) is 31.2 Å². The Morgan fingerprint density at radius 2 is 2.12 bits per heavy atom. The number of hydrogen-bond donors (Lipinski definition) is 0. The molecule has 1 atom stereocenters. The number of alkyl halides is 1. The first-order valence-electron chi connectivity index (χ1n) is 6.22. The van der Waals surface area contributed by atoms with E-state index in [4.69, 9.17) is 4.74 Å². The lowest BCUT2D eigenvalue weighted by atomic mass is 10.1. The van der Waals surface area contributed by atoms with Crippen LogP contribution in [0.5, 0.6) is 0 Å². The van der Waals surface area contributed by atoms with Gasteiger partial charge in [0.1, 0.15) is 0 Å². The molecule has 2 rings (SSSR count). The zero-order valence-corrected chi connectivity index (χ0v) is 13.6. The highest BCUT2D eigenvalue weighted by Crippen LogP contribution is 2.28. The van der Waals surface area contributed by atoms with Crippen LogP contribution in [-0.2, 0) is 4.74 Å². The van der Waals surface area contributed by atoms with Crippen LogP contribution in [0.1, 0.15) is 37.4 Å². The van der Waals surface area contributed by atoms with Crippen molar-refractivity contribution in [3.05, 3.63) is 34.3 Å². The average molecular weight is 409 g/mol. The Morgan fingerprint density at radius 3 is 2.76 bits per heavy atom. The van der Waals surface area contributed by atoms with Gasteiger partial charge in [-0.15, -0.1) is 0 Å². The fraction of sp³-hybridized carbons (Fsp3) is 0.571. The van der Waals surface area contributed by atoms with Crippen LogP contribution in [0.15, 0.2) is 28.7 Å². The molecule has 1 aliphatic carbocycles. The summed E-state index contributed by atoms with van der Waals surface area (Å²) in [6.45, 7) is 0.931. The van der Waals surface area contributed by atoms with Crippen molar-refractivity contribution in [3.63, 3.8) is 0 Å². The summed E-state index contributed by atoms with van der Waals surface area (Å²) in [6.07, 6.45) is 5.73. The predicted octanol–water partition coefficient (Wildman–Crippen LogP) is 5.13. The van der Waals surface area contributed by atoms with Gasteiger partial charge < -0.3 is 4.74 Å². The molecular weight excluding hydrogens is 391 g/mol. The van der Waals surface area contributed by atoms with Crippen molar-refractivity contribution in [2.24, 2.45) is 5.92 Å². The molecule has 1 unspecified atom stereocenters. The van der Waals surface area contributed by atoms with Gasteiger partial charge in [0, 0.05) is 8.90 Å². The minimum absolute atomic E-state index is 0.244. The van der Waals surface area contributed by atoms with Gasteiger partial charge in [0.15, 0.2) is 0 Å². The van der Waals surface area contributed by atoms with Crippen LogP contribution in [0.2, 0.25) is 0 Å². The second kappa shape index (κ2) is 7.10. The molecule has 0 amide bonds. The van der Waals surface area contributed by atoms with E-state index < -0.39 is 0 Å². The summed E-state index contributed by atoms with van der Waals surface area (Å²) in [4.78, 5) is 0. The standard InChI is InChI=1S/C14H18BrIO/c15-13-7-3-6-12(8-13)14(9-16)17-10-11-4-1-2-5-11/h3,6-8,11,14H,1-2,4-5,9-10H2. The smallest absolute Gasteiger partial charge is 0.0914 e. The Bertz CT molecular complexity index is 350. The van der Waals surface area contributed by atoms with Gasteiger partial charge in [-0.05, 0) is 36.5 Å². The van der Waals surface area contributed by atoms with Crippen molar-refractivity contribution in [2.45, 2.75) is 31.8 Å². The van der Waals surface area contributed by atoms with Gasteiger partial charge in [-0.3, -0.25) is 0 Å². The van der Waals surface area contributed by atoms with Gasteiger partial charge in [0.05, 0.1) is 12.7 Å². The normalized spacial score (nSPS) is 18.5.